The summed E-state index contributed by atoms with van der Waals surface area (Å²) in [6.07, 6.45) is 8.44. The van der Waals surface area contributed by atoms with Crippen LogP contribution in [-0.2, 0) is 4.79 Å². The van der Waals surface area contributed by atoms with Crippen molar-refractivity contribution >= 4 is 6.29 Å². The smallest absolute Gasteiger partial charge is 0.146 e. The van der Waals surface area contributed by atoms with Crippen molar-refractivity contribution in [3.05, 3.63) is 11.1 Å². The Morgan fingerprint density at radius 2 is 2.31 bits per heavy atom. The lowest BCUT2D eigenvalue weighted by Crippen LogP contribution is -2.12. The first kappa shape index (κ1) is 10.5. The molecule has 1 heteroatoms. The maximum atomic E-state index is 10.9. The highest BCUT2D eigenvalue weighted by molar-refractivity contribution is 5.75. The van der Waals surface area contributed by atoms with Gasteiger partial charge in [0, 0.05) is 0 Å². The second kappa shape index (κ2) is 5.21. The third-order valence-corrected chi connectivity index (χ3v) is 3.07. The molecule has 13 heavy (non-hydrogen) atoms. The summed E-state index contributed by atoms with van der Waals surface area (Å²) in [5.74, 6) is 0.575. The Morgan fingerprint density at radius 3 is 2.92 bits per heavy atom. The Kier molecular flexibility index (Phi) is 4.20. The highest BCUT2D eigenvalue weighted by Gasteiger charge is 2.19. The number of unbranched alkanes of at least 4 members (excludes halogenated alkanes) is 1. The van der Waals surface area contributed by atoms with Crippen molar-refractivity contribution in [2.24, 2.45) is 5.92 Å². The van der Waals surface area contributed by atoms with Crippen molar-refractivity contribution in [2.75, 3.05) is 0 Å². The molecular formula is C12H20O. The molecule has 0 N–H and O–H groups in total. The third-order valence-electron chi connectivity index (χ3n) is 3.07. The second-order valence-corrected chi connectivity index (χ2v) is 4.08. The van der Waals surface area contributed by atoms with E-state index in [9.17, 15) is 4.79 Å². The SMILES string of the molecule is CCCCC1CCCC(C)=C1C=O. The van der Waals surface area contributed by atoms with Crippen LogP contribution in [0.3, 0.4) is 0 Å². The lowest BCUT2D eigenvalue weighted by atomic mass is 9.81. The molecule has 1 aliphatic carbocycles. The van der Waals surface area contributed by atoms with Crippen LogP contribution < -0.4 is 0 Å². The second-order valence-electron chi connectivity index (χ2n) is 4.08. The largest absolute Gasteiger partial charge is 0.298 e. The summed E-state index contributed by atoms with van der Waals surface area (Å²) in [5, 5.41) is 0. The zero-order valence-corrected chi connectivity index (χ0v) is 8.81. The number of hydrogen-bond donors (Lipinski definition) is 0. The van der Waals surface area contributed by atoms with Crippen LogP contribution in [0.4, 0.5) is 0 Å². The first-order chi connectivity index (χ1) is 6.29. The fourth-order valence-corrected chi connectivity index (χ4v) is 2.21. The molecule has 0 spiro atoms. The van der Waals surface area contributed by atoms with E-state index in [0.717, 1.165) is 18.3 Å². The molecule has 0 aliphatic heterocycles. The lowest BCUT2D eigenvalue weighted by Gasteiger charge is -2.23. The van der Waals surface area contributed by atoms with Crippen molar-refractivity contribution in [3.63, 3.8) is 0 Å². The molecule has 1 aliphatic rings. The van der Waals surface area contributed by atoms with E-state index >= 15 is 0 Å². The highest BCUT2D eigenvalue weighted by Crippen LogP contribution is 2.31. The first-order valence-corrected chi connectivity index (χ1v) is 5.44. The first-order valence-electron chi connectivity index (χ1n) is 5.44. The number of carbonyl (C=O) groups excluding carboxylic acids is 1. The van der Waals surface area contributed by atoms with Crippen molar-refractivity contribution < 1.29 is 4.79 Å². The number of carbonyl (C=O) groups is 1. The van der Waals surface area contributed by atoms with Gasteiger partial charge in [-0.05, 0) is 44.1 Å². The minimum absolute atomic E-state index is 0.575. The van der Waals surface area contributed by atoms with E-state index in [2.05, 4.69) is 13.8 Å². The molecule has 0 aromatic rings. The van der Waals surface area contributed by atoms with Gasteiger partial charge in [-0.2, -0.15) is 0 Å². The molecule has 0 radical (unpaired) electrons. The molecule has 0 bridgehead atoms. The van der Waals surface area contributed by atoms with Gasteiger partial charge < -0.3 is 0 Å². The molecule has 0 aromatic heterocycles. The summed E-state index contributed by atoms with van der Waals surface area (Å²) in [5.41, 5.74) is 2.45. The molecule has 0 fully saturated rings. The molecule has 1 unspecified atom stereocenters. The van der Waals surface area contributed by atoms with E-state index < -0.39 is 0 Å². The Labute approximate surface area is 81.2 Å². The van der Waals surface area contributed by atoms with E-state index in [4.69, 9.17) is 0 Å². The average molecular weight is 180 g/mol. The molecule has 0 saturated heterocycles. The van der Waals surface area contributed by atoms with Crippen molar-refractivity contribution in [1.29, 1.82) is 0 Å². The van der Waals surface area contributed by atoms with Crippen LogP contribution in [0.2, 0.25) is 0 Å². The zero-order chi connectivity index (χ0) is 9.68. The maximum Gasteiger partial charge on any atom is 0.146 e. The summed E-state index contributed by atoms with van der Waals surface area (Å²) < 4.78 is 0. The van der Waals surface area contributed by atoms with E-state index in [-0.39, 0.29) is 0 Å². The Bertz CT molecular complexity index is 203. The monoisotopic (exact) mass is 180 g/mol. The van der Waals surface area contributed by atoms with E-state index in [0.29, 0.717) is 5.92 Å². The summed E-state index contributed by atoms with van der Waals surface area (Å²) in [6, 6.07) is 0. The zero-order valence-electron chi connectivity index (χ0n) is 8.81. The topological polar surface area (TPSA) is 17.1 Å². The van der Waals surface area contributed by atoms with Crippen molar-refractivity contribution in [3.8, 4) is 0 Å². The van der Waals surface area contributed by atoms with Gasteiger partial charge >= 0.3 is 0 Å². The maximum absolute atomic E-state index is 10.9. The summed E-state index contributed by atoms with van der Waals surface area (Å²) in [6.45, 7) is 4.32. The minimum Gasteiger partial charge on any atom is -0.298 e. The van der Waals surface area contributed by atoms with Crippen LogP contribution in [-0.4, -0.2) is 6.29 Å². The lowest BCUT2D eigenvalue weighted by molar-refractivity contribution is -0.105. The summed E-state index contributed by atoms with van der Waals surface area (Å²) >= 11 is 0. The molecule has 0 aromatic carbocycles. The van der Waals surface area contributed by atoms with Crippen LogP contribution in [0.25, 0.3) is 0 Å². The van der Waals surface area contributed by atoms with E-state index in [1.807, 2.05) is 0 Å². The van der Waals surface area contributed by atoms with Crippen LogP contribution in [0.1, 0.15) is 52.4 Å². The number of hydrogen-bond acceptors (Lipinski definition) is 1. The third kappa shape index (κ3) is 2.68. The highest BCUT2D eigenvalue weighted by atomic mass is 16.1. The Morgan fingerprint density at radius 1 is 1.54 bits per heavy atom. The van der Waals surface area contributed by atoms with Gasteiger partial charge in [-0.1, -0.05) is 25.3 Å². The molecule has 0 heterocycles. The van der Waals surface area contributed by atoms with Crippen molar-refractivity contribution in [2.45, 2.75) is 52.4 Å². The van der Waals surface area contributed by atoms with Crippen LogP contribution >= 0.6 is 0 Å². The van der Waals surface area contributed by atoms with Gasteiger partial charge in [0.25, 0.3) is 0 Å². The Balaban J connectivity index is 2.61. The number of aldehydes is 1. The van der Waals surface area contributed by atoms with Gasteiger partial charge in [0.15, 0.2) is 0 Å². The molecule has 1 nitrogen and oxygen atoms in total. The van der Waals surface area contributed by atoms with E-state index in [1.165, 1.54) is 37.7 Å². The standard InChI is InChI=1S/C12H20O/c1-3-4-7-11-8-5-6-10(2)12(11)9-13/h9,11H,3-8H2,1-2H3. The van der Waals surface area contributed by atoms with Gasteiger partial charge in [0.05, 0.1) is 0 Å². The Hall–Kier alpha value is -0.590. The summed E-state index contributed by atoms with van der Waals surface area (Å²) in [4.78, 5) is 10.9. The molecule has 0 amide bonds. The van der Waals surface area contributed by atoms with Gasteiger partial charge in [-0.25, -0.2) is 0 Å². The predicted octanol–water partition coefficient (Wildman–Crippen LogP) is 3.49. The molecule has 1 atom stereocenters. The molecule has 0 saturated carbocycles. The van der Waals surface area contributed by atoms with Crippen LogP contribution in [0.15, 0.2) is 11.1 Å². The number of allylic oxidation sites excluding steroid dienone is 2. The van der Waals surface area contributed by atoms with Crippen LogP contribution in [0.5, 0.6) is 0 Å². The van der Waals surface area contributed by atoms with Gasteiger partial charge in [-0.15, -0.1) is 0 Å². The van der Waals surface area contributed by atoms with Gasteiger partial charge in [0.1, 0.15) is 6.29 Å². The normalized spacial score (nSPS) is 23.4. The van der Waals surface area contributed by atoms with Gasteiger partial charge in [0.2, 0.25) is 0 Å². The quantitative estimate of drug-likeness (QED) is 0.605. The summed E-state index contributed by atoms with van der Waals surface area (Å²) in [7, 11) is 0. The fourth-order valence-electron chi connectivity index (χ4n) is 2.21. The molecular weight excluding hydrogens is 160 g/mol. The van der Waals surface area contributed by atoms with Crippen LogP contribution in [0, 0.1) is 5.92 Å². The van der Waals surface area contributed by atoms with Crippen molar-refractivity contribution in [1.82, 2.24) is 0 Å². The minimum atomic E-state index is 0.575. The number of rotatable bonds is 4. The molecule has 74 valence electrons. The van der Waals surface area contributed by atoms with E-state index in [1.54, 1.807) is 0 Å². The van der Waals surface area contributed by atoms with Gasteiger partial charge in [-0.3, -0.25) is 4.79 Å². The molecule has 1 rings (SSSR count). The predicted molar refractivity (Wildman–Crippen MR) is 55.6 cm³/mol. The fraction of sp³-hybridized carbons (Fsp3) is 0.750. The average Bonchev–Trinajstić information content (AvgIpc) is 2.15.